The summed E-state index contributed by atoms with van der Waals surface area (Å²) >= 11 is 0. The van der Waals surface area contributed by atoms with Gasteiger partial charge in [0.2, 0.25) is 0 Å². The Balaban J connectivity index is 2.37. The number of carbonyl (C=O) groups is 1. The summed E-state index contributed by atoms with van der Waals surface area (Å²) in [4.78, 5) is 14.0. The highest BCUT2D eigenvalue weighted by Gasteiger charge is 2.20. The van der Waals surface area contributed by atoms with Crippen molar-refractivity contribution in [2.75, 3.05) is 11.9 Å². The van der Waals surface area contributed by atoms with Crippen molar-refractivity contribution in [3.8, 4) is 6.07 Å². The van der Waals surface area contributed by atoms with Crippen LogP contribution in [0.4, 0.5) is 5.69 Å². The highest BCUT2D eigenvalue weighted by Crippen LogP contribution is 2.19. The van der Waals surface area contributed by atoms with Crippen molar-refractivity contribution in [2.24, 2.45) is 0 Å². The molecule has 19 heavy (non-hydrogen) atoms. The van der Waals surface area contributed by atoms with Crippen LogP contribution in [0.15, 0.2) is 24.3 Å². The van der Waals surface area contributed by atoms with Crippen LogP contribution >= 0.6 is 0 Å². The van der Waals surface area contributed by atoms with Gasteiger partial charge in [-0.1, -0.05) is 6.07 Å². The average molecular weight is 254 g/mol. The molecule has 0 unspecified atom stereocenters. The summed E-state index contributed by atoms with van der Waals surface area (Å²) in [6.45, 7) is 3.60. The van der Waals surface area contributed by atoms with Gasteiger partial charge in [-0.15, -0.1) is 0 Å². The number of H-pyrrole nitrogens is 1. The molecule has 1 aromatic heterocycles. The molecule has 0 saturated heterocycles. The standard InChI is InChI=1S/C14H14N4O/c1-9-13(10(2)17-16-9)14(19)18(3)12-6-4-5-11(7-12)8-15/h4-7H,1-3H3,(H,16,17). The van der Waals surface area contributed by atoms with E-state index in [2.05, 4.69) is 16.3 Å². The van der Waals surface area contributed by atoms with Gasteiger partial charge in [-0.2, -0.15) is 10.4 Å². The van der Waals surface area contributed by atoms with E-state index < -0.39 is 0 Å². The van der Waals surface area contributed by atoms with Crippen LogP contribution in [0, 0.1) is 25.2 Å². The zero-order valence-corrected chi connectivity index (χ0v) is 11.1. The van der Waals surface area contributed by atoms with E-state index in [9.17, 15) is 4.79 Å². The molecular weight excluding hydrogens is 240 g/mol. The highest BCUT2D eigenvalue weighted by atomic mass is 16.2. The summed E-state index contributed by atoms with van der Waals surface area (Å²) in [7, 11) is 1.69. The number of nitrogens with zero attached hydrogens (tertiary/aromatic N) is 3. The lowest BCUT2D eigenvalue weighted by atomic mass is 10.1. The van der Waals surface area contributed by atoms with Gasteiger partial charge < -0.3 is 4.90 Å². The fraction of sp³-hybridized carbons (Fsp3) is 0.214. The van der Waals surface area contributed by atoms with E-state index in [1.807, 2.05) is 6.92 Å². The van der Waals surface area contributed by atoms with E-state index >= 15 is 0 Å². The number of hydrogen-bond acceptors (Lipinski definition) is 3. The Morgan fingerprint density at radius 3 is 2.74 bits per heavy atom. The largest absolute Gasteiger partial charge is 0.311 e. The minimum atomic E-state index is -0.140. The monoisotopic (exact) mass is 254 g/mol. The number of benzene rings is 1. The predicted octanol–water partition coefficient (Wildman–Crippen LogP) is 2.17. The molecule has 0 saturated carbocycles. The Morgan fingerprint density at radius 1 is 1.42 bits per heavy atom. The molecule has 2 aromatic rings. The van der Waals surface area contributed by atoms with Gasteiger partial charge in [0.15, 0.2) is 0 Å². The quantitative estimate of drug-likeness (QED) is 0.892. The van der Waals surface area contributed by atoms with Gasteiger partial charge >= 0.3 is 0 Å². The van der Waals surface area contributed by atoms with Gasteiger partial charge in [-0.25, -0.2) is 0 Å². The summed E-state index contributed by atoms with van der Waals surface area (Å²) in [5.74, 6) is -0.140. The number of anilines is 1. The molecule has 0 aliphatic heterocycles. The third kappa shape index (κ3) is 2.33. The van der Waals surface area contributed by atoms with Crippen molar-refractivity contribution >= 4 is 11.6 Å². The van der Waals surface area contributed by atoms with E-state index in [1.54, 1.807) is 38.2 Å². The first-order valence-corrected chi connectivity index (χ1v) is 5.84. The molecule has 5 nitrogen and oxygen atoms in total. The average Bonchev–Trinajstić information content (AvgIpc) is 2.76. The first-order chi connectivity index (χ1) is 9.04. The van der Waals surface area contributed by atoms with Gasteiger partial charge in [0.1, 0.15) is 0 Å². The first kappa shape index (κ1) is 12.8. The van der Waals surface area contributed by atoms with Crippen LogP contribution in [-0.4, -0.2) is 23.2 Å². The molecule has 1 N–H and O–H groups in total. The number of aromatic nitrogens is 2. The van der Waals surface area contributed by atoms with Crippen molar-refractivity contribution < 1.29 is 4.79 Å². The summed E-state index contributed by atoms with van der Waals surface area (Å²) in [6.07, 6.45) is 0. The number of aryl methyl sites for hydroxylation is 2. The molecule has 96 valence electrons. The van der Waals surface area contributed by atoms with Gasteiger partial charge in [0.05, 0.1) is 22.9 Å². The molecule has 0 radical (unpaired) electrons. The Hall–Kier alpha value is -2.61. The lowest BCUT2D eigenvalue weighted by Crippen LogP contribution is -2.27. The Kier molecular flexibility index (Phi) is 3.34. The zero-order valence-electron chi connectivity index (χ0n) is 11.1. The molecule has 1 amide bonds. The van der Waals surface area contributed by atoms with Crippen molar-refractivity contribution in [1.29, 1.82) is 5.26 Å². The van der Waals surface area contributed by atoms with Crippen molar-refractivity contribution in [1.82, 2.24) is 10.2 Å². The number of amides is 1. The van der Waals surface area contributed by atoms with Crippen LogP contribution in [0.1, 0.15) is 27.3 Å². The van der Waals surface area contributed by atoms with Gasteiger partial charge in [-0.05, 0) is 32.0 Å². The number of aromatic amines is 1. The highest BCUT2D eigenvalue weighted by molar-refractivity contribution is 6.07. The number of carbonyl (C=O) groups excluding carboxylic acids is 1. The van der Waals surface area contributed by atoms with E-state index in [0.717, 1.165) is 5.69 Å². The number of hydrogen-bond donors (Lipinski definition) is 1. The van der Waals surface area contributed by atoms with E-state index in [1.165, 1.54) is 4.90 Å². The van der Waals surface area contributed by atoms with Crippen molar-refractivity contribution in [2.45, 2.75) is 13.8 Å². The Morgan fingerprint density at radius 2 is 2.16 bits per heavy atom. The molecule has 0 spiro atoms. The fourth-order valence-corrected chi connectivity index (χ4v) is 1.94. The van der Waals surface area contributed by atoms with Crippen LogP contribution in [0.5, 0.6) is 0 Å². The smallest absolute Gasteiger partial charge is 0.261 e. The van der Waals surface area contributed by atoms with E-state index in [4.69, 9.17) is 5.26 Å². The molecule has 0 aliphatic rings. The van der Waals surface area contributed by atoms with Crippen LogP contribution in [-0.2, 0) is 0 Å². The summed E-state index contributed by atoms with van der Waals surface area (Å²) < 4.78 is 0. The second kappa shape index (κ2) is 4.94. The van der Waals surface area contributed by atoms with Crippen LogP contribution in [0.3, 0.4) is 0 Å². The second-order valence-electron chi connectivity index (χ2n) is 4.34. The lowest BCUT2D eigenvalue weighted by Gasteiger charge is -2.17. The minimum absolute atomic E-state index is 0.140. The maximum Gasteiger partial charge on any atom is 0.261 e. The van der Waals surface area contributed by atoms with Crippen LogP contribution in [0.2, 0.25) is 0 Å². The van der Waals surface area contributed by atoms with Crippen molar-refractivity contribution in [3.63, 3.8) is 0 Å². The number of nitriles is 1. The predicted molar refractivity (Wildman–Crippen MR) is 72.0 cm³/mol. The van der Waals surface area contributed by atoms with Gasteiger partial charge in [0.25, 0.3) is 5.91 Å². The third-order valence-electron chi connectivity index (χ3n) is 3.01. The first-order valence-electron chi connectivity index (χ1n) is 5.84. The lowest BCUT2D eigenvalue weighted by molar-refractivity contribution is 0.0992. The van der Waals surface area contributed by atoms with Gasteiger partial charge in [0, 0.05) is 18.4 Å². The number of nitrogens with one attached hydrogen (secondary N) is 1. The molecule has 5 heteroatoms. The molecule has 2 rings (SSSR count). The normalized spacial score (nSPS) is 10.0. The van der Waals surface area contributed by atoms with Crippen LogP contribution in [0.25, 0.3) is 0 Å². The Bertz CT molecular complexity index is 647. The maximum absolute atomic E-state index is 12.4. The molecule has 0 fully saturated rings. The summed E-state index contributed by atoms with van der Waals surface area (Å²) in [6, 6.07) is 9.00. The third-order valence-corrected chi connectivity index (χ3v) is 3.01. The molecule has 1 heterocycles. The summed E-state index contributed by atoms with van der Waals surface area (Å²) in [5.41, 5.74) is 3.20. The second-order valence-corrected chi connectivity index (χ2v) is 4.34. The molecule has 0 atom stereocenters. The van der Waals surface area contributed by atoms with Crippen LogP contribution < -0.4 is 4.90 Å². The van der Waals surface area contributed by atoms with Crippen molar-refractivity contribution in [3.05, 3.63) is 46.8 Å². The zero-order chi connectivity index (χ0) is 14.0. The molecular formula is C14H14N4O. The molecule has 1 aromatic carbocycles. The number of rotatable bonds is 2. The Labute approximate surface area is 111 Å². The topological polar surface area (TPSA) is 72.8 Å². The van der Waals surface area contributed by atoms with E-state index in [-0.39, 0.29) is 5.91 Å². The minimum Gasteiger partial charge on any atom is -0.311 e. The van der Waals surface area contributed by atoms with Gasteiger partial charge in [-0.3, -0.25) is 9.89 Å². The molecule has 0 bridgehead atoms. The maximum atomic E-state index is 12.4. The fourth-order valence-electron chi connectivity index (χ4n) is 1.94. The summed E-state index contributed by atoms with van der Waals surface area (Å²) in [5, 5.41) is 15.7. The SMILES string of the molecule is Cc1n[nH]c(C)c1C(=O)N(C)c1cccc(C#N)c1. The molecule has 0 aliphatic carbocycles. The van der Waals surface area contributed by atoms with E-state index in [0.29, 0.717) is 22.5 Å².